The van der Waals surface area contributed by atoms with Gasteiger partial charge in [-0.15, -0.1) is 11.3 Å². The van der Waals surface area contributed by atoms with Crippen LogP contribution in [0.15, 0.2) is 39.7 Å². The molecular weight excluding hydrogens is 264 g/mol. The summed E-state index contributed by atoms with van der Waals surface area (Å²) in [6, 6.07) is 7.16. The average molecular weight is 274 g/mol. The Balaban J connectivity index is 1.68. The highest BCUT2D eigenvalue weighted by molar-refractivity contribution is 7.07. The summed E-state index contributed by atoms with van der Waals surface area (Å²) >= 11 is 1.48. The number of ether oxygens (including phenoxy) is 1. The SMILES string of the molecule is Nc1cccc(OCc2nc(-c3cscn3)no2)c1. The van der Waals surface area contributed by atoms with Gasteiger partial charge in [0.05, 0.1) is 5.51 Å². The highest BCUT2D eigenvalue weighted by Gasteiger charge is 2.10. The molecule has 0 fully saturated rings. The van der Waals surface area contributed by atoms with Gasteiger partial charge in [0.15, 0.2) is 6.61 Å². The second kappa shape index (κ2) is 5.07. The lowest BCUT2D eigenvalue weighted by molar-refractivity contribution is 0.243. The fourth-order valence-electron chi connectivity index (χ4n) is 1.49. The fourth-order valence-corrected chi connectivity index (χ4v) is 2.02. The van der Waals surface area contributed by atoms with Crippen LogP contribution in [0.4, 0.5) is 5.69 Å². The summed E-state index contributed by atoms with van der Waals surface area (Å²) in [5.41, 5.74) is 8.72. The van der Waals surface area contributed by atoms with Crippen molar-refractivity contribution in [1.29, 1.82) is 0 Å². The number of thiazole rings is 1. The minimum Gasteiger partial charge on any atom is -0.484 e. The topological polar surface area (TPSA) is 87.1 Å². The van der Waals surface area contributed by atoms with E-state index in [0.29, 0.717) is 28.8 Å². The number of hydrogen-bond donors (Lipinski definition) is 1. The Bertz CT molecular complexity index is 666. The van der Waals surface area contributed by atoms with Crippen molar-refractivity contribution in [1.82, 2.24) is 15.1 Å². The molecule has 0 atom stereocenters. The summed E-state index contributed by atoms with van der Waals surface area (Å²) in [6.07, 6.45) is 0. The Hall–Kier alpha value is -2.41. The lowest BCUT2D eigenvalue weighted by Crippen LogP contribution is -1.96. The van der Waals surface area contributed by atoms with Crippen molar-refractivity contribution >= 4 is 17.0 Å². The second-order valence-electron chi connectivity index (χ2n) is 3.75. The minimum atomic E-state index is 0.195. The highest BCUT2D eigenvalue weighted by Crippen LogP contribution is 2.18. The van der Waals surface area contributed by atoms with Crippen LogP contribution in [0.3, 0.4) is 0 Å². The van der Waals surface area contributed by atoms with E-state index in [4.69, 9.17) is 15.0 Å². The van der Waals surface area contributed by atoms with Gasteiger partial charge in [0.1, 0.15) is 11.4 Å². The van der Waals surface area contributed by atoms with Gasteiger partial charge in [0.25, 0.3) is 5.89 Å². The zero-order valence-electron chi connectivity index (χ0n) is 9.81. The summed E-state index contributed by atoms with van der Waals surface area (Å²) < 4.78 is 10.6. The van der Waals surface area contributed by atoms with E-state index in [2.05, 4.69) is 15.1 Å². The molecule has 0 saturated heterocycles. The lowest BCUT2D eigenvalue weighted by atomic mass is 10.3. The van der Waals surface area contributed by atoms with Gasteiger partial charge in [-0.05, 0) is 12.1 Å². The van der Waals surface area contributed by atoms with E-state index >= 15 is 0 Å². The summed E-state index contributed by atoms with van der Waals surface area (Å²) in [7, 11) is 0. The summed E-state index contributed by atoms with van der Waals surface area (Å²) in [5, 5.41) is 5.70. The van der Waals surface area contributed by atoms with Crippen LogP contribution < -0.4 is 10.5 Å². The van der Waals surface area contributed by atoms with Gasteiger partial charge in [-0.1, -0.05) is 11.2 Å². The number of nitrogen functional groups attached to an aromatic ring is 1. The van der Waals surface area contributed by atoms with E-state index < -0.39 is 0 Å². The first-order valence-electron chi connectivity index (χ1n) is 5.51. The Labute approximate surface area is 112 Å². The molecule has 0 amide bonds. The van der Waals surface area contributed by atoms with Gasteiger partial charge < -0.3 is 15.0 Å². The van der Waals surface area contributed by atoms with Crippen LogP contribution in [0.1, 0.15) is 5.89 Å². The lowest BCUT2D eigenvalue weighted by Gasteiger charge is -2.02. The molecule has 96 valence electrons. The van der Waals surface area contributed by atoms with Crippen LogP contribution in [0, 0.1) is 0 Å². The Morgan fingerprint density at radius 3 is 3.11 bits per heavy atom. The second-order valence-corrected chi connectivity index (χ2v) is 4.47. The van der Waals surface area contributed by atoms with Crippen molar-refractivity contribution in [2.75, 3.05) is 5.73 Å². The summed E-state index contributed by atoms with van der Waals surface area (Å²) in [6.45, 7) is 0.195. The quantitative estimate of drug-likeness (QED) is 0.735. The molecule has 2 N–H and O–H groups in total. The van der Waals surface area contributed by atoms with Crippen molar-refractivity contribution in [2.45, 2.75) is 6.61 Å². The Kier molecular flexibility index (Phi) is 3.11. The molecule has 0 aliphatic carbocycles. The van der Waals surface area contributed by atoms with Crippen molar-refractivity contribution < 1.29 is 9.26 Å². The number of anilines is 1. The third kappa shape index (κ3) is 2.71. The number of aromatic nitrogens is 3. The summed E-state index contributed by atoms with van der Waals surface area (Å²) in [4.78, 5) is 8.31. The minimum absolute atomic E-state index is 0.195. The van der Waals surface area contributed by atoms with E-state index in [9.17, 15) is 0 Å². The molecule has 0 unspecified atom stereocenters. The van der Waals surface area contributed by atoms with Gasteiger partial charge in [0.2, 0.25) is 5.82 Å². The molecule has 0 saturated carbocycles. The zero-order valence-corrected chi connectivity index (χ0v) is 10.6. The maximum atomic E-state index is 5.66. The van der Waals surface area contributed by atoms with Gasteiger partial charge in [-0.2, -0.15) is 4.98 Å². The first kappa shape index (κ1) is 11.7. The van der Waals surface area contributed by atoms with E-state index in [1.54, 1.807) is 17.6 Å². The zero-order chi connectivity index (χ0) is 13.1. The molecule has 0 spiro atoms. The number of nitrogens with zero attached hydrogens (tertiary/aromatic N) is 3. The monoisotopic (exact) mass is 274 g/mol. The van der Waals surface area contributed by atoms with Gasteiger partial charge in [-0.3, -0.25) is 0 Å². The normalized spacial score (nSPS) is 10.5. The van der Waals surface area contributed by atoms with Crippen LogP contribution in [0.5, 0.6) is 5.75 Å². The van der Waals surface area contributed by atoms with Crippen molar-refractivity contribution in [3.8, 4) is 17.3 Å². The van der Waals surface area contributed by atoms with E-state index in [1.165, 1.54) is 11.3 Å². The van der Waals surface area contributed by atoms with Gasteiger partial charge in [0, 0.05) is 17.1 Å². The van der Waals surface area contributed by atoms with Crippen LogP contribution in [0.2, 0.25) is 0 Å². The number of benzene rings is 1. The standard InChI is InChI=1S/C12H10N4O2S/c13-8-2-1-3-9(4-8)17-5-11-15-12(16-18-11)10-6-19-7-14-10/h1-4,6-7H,5,13H2. The van der Waals surface area contributed by atoms with Crippen molar-refractivity contribution in [3.63, 3.8) is 0 Å². The molecule has 2 heterocycles. The number of hydrogen-bond acceptors (Lipinski definition) is 7. The number of nitrogens with two attached hydrogens (primary N) is 1. The predicted octanol–water partition coefficient (Wildman–Crippen LogP) is 2.35. The van der Waals surface area contributed by atoms with E-state index in [-0.39, 0.29) is 6.61 Å². The molecule has 1 aromatic carbocycles. The predicted molar refractivity (Wildman–Crippen MR) is 70.6 cm³/mol. The van der Waals surface area contributed by atoms with Gasteiger partial charge in [-0.25, -0.2) is 4.98 Å². The molecule has 0 aliphatic heterocycles. The van der Waals surface area contributed by atoms with Crippen LogP contribution in [-0.2, 0) is 6.61 Å². The van der Waals surface area contributed by atoms with E-state index in [1.807, 2.05) is 17.5 Å². The molecule has 2 aromatic heterocycles. The first-order valence-corrected chi connectivity index (χ1v) is 6.45. The highest BCUT2D eigenvalue weighted by atomic mass is 32.1. The molecular formula is C12H10N4O2S. The third-order valence-corrected chi connectivity index (χ3v) is 2.94. The molecule has 0 aliphatic rings. The maximum absolute atomic E-state index is 5.66. The maximum Gasteiger partial charge on any atom is 0.264 e. The largest absolute Gasteiger partial charge is 0.484 e. The molecule has 3 rings (SSSR count). The van der Waals surface area contributed by atoms with E-state index in [0.717, 1.165) is 0 Å². The first-order chi connectivity index (χ1) is 9.31. The fraction of sp³-hybridized carbons (Fsp3) is 0.0833. The molecule has 0 bridgehead atoms. The Morgan fingerprint density at radius 2 is 2.32 bits per heavy atom. The molecule has 3 aromatic rings. The van der Waals surface area contributed by atoms with Crippen LogP contribution in [-0.4, -0.2) is 15.1 Å². The van der Waals surface area contributed by atoms with Crippen LogP contribution in [0.25, 0.3) is 11.5 Å². The molecule has 6 nitrogen and oxygen atoms in total. The smallest absolute Gasteiger partial charge is 0.264 e. The summed E-state index contributed by atoms with van der Waals surface area (Å²) in [5.74, 6) is 1.52. The molecule has 19 heavy (non-hydrogen) atoms. The van der Waals surface area contributed by atoms with Crippen molar-refractivity contribution in [3.05, 3.63) is 41.0 Å². The Morgan fingerprint density at radius 1 is 1.37 bits per heavy atom. The van der Waals surface area contributed by atoms with Crippen molar-refractivity contribution in [2.24, 2.45) is 0 Å². The molecule has 7 heteroatoms. The van der Waals surface area contributed by atoms with Gasteiger partial charge >= 0.3 is 0 Å². The number of rotatable bonds is 4. The molecule has 0 radical (unpaired) electrons. The van der Waals surface area contributed by atoms with Crippen LogP contribution >= 0.6 is 11.3 Å². The average Bonchev–Trinajstić information content (AvgIpc) is 3.07. The third-order valence-electron chi connectivity index (χ3n) is 2.35.